The van der Waals surface area contributed by atoms with Gasteiger partial charge in [0.2, 0.25) is 17.8 Å². The van der Waals surface area contributed by atoms with Crippen LogP contribution in [-0.4, -0.2) is 126 Å². The number of hydrogen-bond donors (Lipinski definition) is 1. The molecule has 0 aliphatic carbocycles. The molecule has 62 heavy (non-hydrogen) atoms. The second-order valence-corrected chi connectivity index (χ2v) is 17.7. The number of likely N-dealkylation sites (tertiary alicyclic amines) is 1. The van der Waals surface area contributed by atoms with Gasteiger partial charge >= 0.3 is 0 Å². The minimum absolute atomic E-state index is 0.163. The Labute approximate surface area is 367 Å². The summed E-state index contributed by atoms with van der Waals surface area (Å²) in [5, 5.41) is 12.3. The van der Waals surface area contributed by atoms with Crippen LogP contribution in [0.3, 0.4) is 0 Å². The summed E-state index contributed by atoms with van der Waals surface area (Å²) in [6, 6.07) is 23.0. The van der Waals surface area contributed by atoms with E-state index in [4.69, 9.17) is 21.3 Å². The standard InChI is InChI=1S/C47H52ClN9O5/c1-47(2,34-21-31(25-49)22-35(48)23-34)33-7-10-40(11-8-33)62-30-36-14-15-50-46(51-36)55-19-17-54(18-20-55)39-27-57(28-39)38-5-4-16-56(26-38)37-9-6-32(29-58)41(24-37)45(61)53(3)42-12-13-43(59)52-44(42)60/h6-11,14-15,21-24,29,38-39,42H,4-5,12-13,16-20,26-28,30H2,1-3H3,(H,52,59,60). The predicted molar refractivity (Wildman–Crippen MR) is 236 cm³/mol. The lowest BCUT2D eigenvalue weighted by atomic mass is 9.78. The van der Waals surface area contributed by atoms with E-state index in [2.05, 4.69) is 49.8 Å². The Morgan fingerprint density at radius 2 is 1.71 bits per heavy atom. The molecule has 8 rings (SSSR count). The number of benzene rings is 3. The van der Waals surface area contributed by atoms with Crippen molar-refractivity contribution in [2.45, 2.75) is 69.7 Å². The van der Waals surface area contributed by atoms with Crippen LogP contribution in [0.1, 0.15) is 82.6 Å². The van der Waals surface area contributed by atoms with E-state index in [0.29, 0.717) is 41.5 Å². The van der Waals surface area contributed by atoms with Crippen LogP contribution in [0.2, 0.25) is 5.02 Å². The molecule has 1 N–H and O–H groups in total. The number of piperidine rings is 2. The monoisotopic (exact) mass is 857 g/mol. The fourth-order valence-corrected chi connectivity index (χ4v) is 9.36. The Kier molecular flexibility index (Phi) is 12.6. The van der Waals surface area contributed by atoms with Gasteiger partial charge in [-0.15, -0.1) is 0 Å². The lowest BCUT2D eigenvalue weighted by molar-refractivity contribution is -0.136. The van der Waals surface area contributed by atoms with Gasteiger partial charge in [-0.3, -0.25) is 34.3 Å². The van der Waals surface area contributed by atoms with Crippen LogP contribution in [-0.2, 0) is 21.6 Å². The van der Waals surface area contributed by atoms with Gasteiger partial charge < -0.3 is 19.4 Å². The molecule has 322 valence electrons. The third-order valence-corrected chi connectivity index (χ3v) is 13.3. The second-order valence-electron chi connectivity index (χ2n) is 17.3. The first-order valence-electron chi connectivity index (χ1n) is 21.3. The minimum Gasteiger partial charge on any atom is -0.487 e. The van der Waals surface area contributed by atoms with E-state index in [1.807, 2.05) is 48.5 Å². The molecule has 0 radical (unpaired) electrons. The molecule has 2 unspecified atom stereocenters. The van der Waals surface area contributed by atoms with E-state index in [9.17, 15) is 24.4 Å². The molecule has 5 heterocycles. The van der Waals surface area contributed by atoms with Crippen molar-refractivity contribution in [3.05, 3.63) is 111 Å². The van der Waals surface area contributed by atoms with Crippen LogP contribution < -0.4 is 19.9 Å². The van der Waals surface area contributed by atoms with Crippen LogP contribution in [0.4, 0.5) is 11.6 Å². The molecule has 1 aromatic heterocycles. The number of aromatic nitrogens is 2. The summed E-state index contributed by atoms with van der Waals surface area (Å²) in [7, 11) is 1.55. The molecule has 0 bridgehead atoms. The highest BCUT2D eigenvalue weighted by Crippen LogP contribution is 2.35. The number of nitrogens with zero attached hydrogens (tertiary/aromatic N) is 8. The first-order chi connectivity index (χ1) is 29.9. The number of amides is 3. The third-order valence-electron chi connectivity index (χ3n) is 13.1. The first kappa shape index (κ1) is 42.8. The van der Waals surface area contributed by atoms with Gasteiger partial charge in [0.25, 0.3) is 5.91 Å². The van der Waals surface area contributed by atoms with Crippen molar-refractivity contribution < 1.29 is 23.9 Å². The quantitative estimate of drug-likeness (QED) is 0.149. The van der Waals surface area contributed by atoms with Gasteiger partial charge in [-0.2, -0.15) is 5.26 Å². The van der Waals surface area contributed by atoms with Crippen molar-refractivity contribution in [2.24, 2.45) is 0 Å². The van der Waals surface area contributed by atoms with Gasteiger partial charge in [0.15, 0.2) is 6.29 Å². The minimum atomic E-state index is -0.769. The number of carbonyl (C=O) groups excluding carboxylic acids is 4. The Morgan fingerprint density at radius 3 is 2.44 bits per heavy atom. The first-order valence-corrected chi connectivity index (χ1v) is 21.7. The van der Waals surface area contributed by atoms with Gasteiger partial charge in [-0.05, 0) is 85.0 Å². The number of rotatable bonds is 12. The summed E-state index contributed by atoms with van der Waals surface area (Å²) in [5.74, 6) is 0.201. The highest BCUT2D eigenvalue weighted by atomic mass is 35.5. The van der Waals surface area contributed by atoms with Gasteiger partial charge in [0.05, 0.1) is 22.9 Å². The van der Waals surface area contributed by atoms with Gasteiger partial charge in [0, 0.05) is 106 Å². The molecule has 0 spiro atoms. The molecule has 4 aliphatic rings. The number of anilines is 2. The van der Waals surface area contributed by atoms with Crippen molar-refractivity contribution in [3.63, 3.8) is 0 Å². The Bertz CT molecular complexity index is 2370. The maximum Gasteiger partial charge on any atom is 0.255 e. The topological polar surface area (TPSA) is 155 Å². The summed E-state index contributed by atoms with van der Waals surface area (Å²) in [4.78, 5) is 70.3. The van der Waals surface area contributed by atoms with Crippen LogP contribution in [0.25, 0.3) is 0 Å². The average Bonchev–Trinajstić information content (AvgIpc) is 3.27. The molecule has 15 heteroatoms. The van der Waals surface area contributed by atoms with Crippen LogP contribution >= 0.6 is 11.6 Å². The van der Waals surface area contributed by atoms with Gasteiger partial charge in [0.1, 0.15) is 18.4 Å². The van der Waals surface area contributed by atoms with E-state index < -0.39 is 17.9 Å². The van der Waals surface area contributed by atoms with Crippen molar-refractivity contribution in [2.75, 3.05) is 69.2 Å². The number of likely N-dealkylation sites (N-methyl/N-ethyl adjacent to an activating group) is 1. The van der Waals surface area contributed by atoms with Crippen LogP contribution in [0.5, 0.6) is 5.75 Å². The third kappa shape index (κ3) is 9.16. The number of nitriles is 1. The second kappa shape index (κ2) is 18.2. The Hall–Kier alpha value is -5.88. The summed E-state index contributed by atoms with van der Waals surface area (Å²) >= 11 is 6.31. The Morgan fingerprint density at radius 1 is 0.935 bits per heavy atom. The lowest BCUT2D eigenvalue weighted by Crippen LogP contribution is -2.66. The predicted octanol–water partition coefficient (Wildman–Crippen LogP) is 5.07. The maximum atomic E-state index is 13.6. The molecule has 14 nitrogen and oxygen atoms in total. The highest BCUT2D eigenvalue weighted by Gasteiger charge is 2.39. The number of hydrogen-bond acceptors (Lipinski definition) is 12. The lowest BCUT2D eigenvalue weighted by Gasteiger charge is -2.52. The summed E-state index contributed by atoms with van der Waals surface area (Å²) < 4.78 is 6.15. The summed E-state index contributed by atoms with van der Waals surface area (Å²) in [6.07, 6.45) is 5.01. The molecule has 0 saturated carbocycles. The summed E-state index contributed by atoms with van der Waals surface area (Å²) in [6.45, 7) is 11.8. The zero-order valence-corrected chi connectivity index (χ0v) is 36.2. The number of ether oxygens (including phenoxy) is 1. The van der Waals surface area contributed by atoms with E-state index in [0.717, 1.165) is 93.5 Å². The number of imide groups is 1. The smallest absolute Gasteiger partial charge is 0.255 e. The molecule has 4 aliphatic heterocycles. The van der Waals surface area contributed by atoms with Gasteiger partial charge in [-0.25, -0.2) is 9.97 Å². The van der Waals surface area contributed by atoms with Crippen LogP contribution in [0, 0.1) is 11.3 Å². The van der Waals surface area contributed by atoms with Crippen molar-refractivity contribution in [3.8, 4) is 11.8 Å². The fraction of sp³-hybridized carbons (Fsp3) is 0.426. The van der Waals surface area contributed by atoms with Crippen molar-refractivity contribution in [1.29, 1.82) is 5.26 Å². The van der Waals surface area contributed by atoms with E-state index in [1.54, 1.807) is 31.4 Å². The molecular formula is C47H52ClN9O5. The normalized spacial score (nSPS) is 20.2. The molecule has 3 amide bonds. The zero-order valence-electron chi connectivity index (χ0n) is 35.4. The number of carbonyl (C=O) groups is 4. The molecule has 4 aromatic rings. The van der Waals surface area contributed by atoms with Gasteiger partial charge in [-0.1, -0.05) is 37.6 Å². The van der Waals surface area contributed by atoms with Crippen LogP contribution in [0.15, 0.2) is 72.9 Å². The number of piperazine rings is 1. The molecule has 4 saturated heterocycles. The molecule has 3 aromatic carbocycles. The van der Waals surface area contributed by atoms with E-state index in [-0.39, 0.29) is 35.3 Å². The van der Waals surface area contributed by atoms with E-state index >= 15 is 0 Å². The SMILES string of the molecule is CN(C(=O)c1cc(N2CCCC(N3CC(N4CCN(c5nccc(COc6ccc(C(C)(C)c7cc(Cl)cc(C#N)c7)cc6)n5)CC4)C3)C2)ccc1C=O)C1CCC(=O)NC1=O. The van der Waals surface area contributed by atoms with E-state index in [1.165, 1.54) is 4.90 Å². The number of nitrogens with one attached hydrogen (secondary N) is 1. The molecule has 4 fully saturated rings. The van der Waals surface area contributed by atoms with Crippen molar-refractivity contribution in [1.82, 2.24) is 30.0 Å². The highest BCUT2D eigenvalue weighted by molar-refractivity contribution is 6.30. The molecular weight excluding hydrogens is 806 g/mol. The fourth-order valence-electron chi connectivity index (χ4n) is 9.13. The molecule has 2 atom stereocenters. The Balaban J connectivity index is 0.806. The number of aldehydes is 1. The zero-order chi connectivity index (χ0) is 43.5. The average molecular weight is 858 g/mol. The summed E-state index contributed by atoms with van der Waals surface area (Å²) in [5.41, 5.74) is 4.46. The number of halogens is 1. The largest absolute Gasteiger partial charge is 0.487 e. The van der Waals surface area contributed by atoms with Crippen molar-refractivity contribution >= 4 is 47.2 Å². The maximum absolute atomic E-state index is 13.6.